The van der Waals surface area contributed by atoms with E-state index >= 15 is 0 Å². The molecule has 5 heteroatoms. The summed E-state index contributed by atoms with van der Waals surface area (Å²) >= 11 is 0. The zero-order valence-electron chi connectivity index (χ0n) is 12.6. The van der Waals surface area contributed by atoms with Gasteiger partial charge in [-0.3, -0.25) is 14.4 Å². The number of methoxy groups -OCH3 is 1. The third-order valence-corrected chi connectivity index (χ3v) is 3.16. The molecular formula is C16H21NO4. The molecule has 5 nitrogen and oxygen atoms in total. The number of hydrogen-bond acceptors (Lipinski definition) is 4. The van der Waals surface area contributed by atoms with Gasteiger partial charge in [0.05, 0.1) is 19.1 Å². The minimum atomic E-state index is -0.628. The van der Waals surface area contributed by atoms with Crippen molar-refractivity contribution in [3.63, 3.8) is 0 Å². The largest absolute Gasteiger partial charge is 0.469 e. The number of Topliss-reactive ketones (excluding diaryl/α,β-unsaturated/α-hetero) is 1. The maximum Gasteiger partial charge on any atom is 0.308 e. The van der Waals surface area contributed by atoms with E-state index in [0.717, 1.165) is 5.56 Å². The molecule has 0 spiro atoms. The van der Waals surface area contributed by atoms with E-state index in [1.807, 2.05) is 30.3 Å². The molecule has 0 radical (unpaired) electrons. The molecule has 0 aliphatic carbocycles. The normalized spacial score (nSPS) is 13.1. The van der Waals surface area contributed by atoms with Crippen LogP contribution in [-0.2, 0) is 25.5 Å². The number of rotatable bonds is 7. The molecule has 0 fully saturated rings. The maximum atomic E-state index is 12.3. The van der Waals surface area contributed by atoms with Crippen LogP contribution < -0.4 is 5.32 Å². The Balaban J connectivity index is 2.75. The molecule has 1 amide bonds. The van der Waals surface area contributed by atoms with Crippen molar-refractivity contribution in [2.24, 2.45) is 5.92 Å². The van der Waals surface area contributed by atoms with Crippen LogP contribution in [0.15, 0.2) is 30.3 Å². The first-order valence-corrected chi connectivity index (χ1v) is 6.85. The van der Waals surface area contributed by atoms with Crippen LogP contribution >= 0.6 is 0 Å². The lowest BCUT2D eigenvalue weighted by molar-refractivity contribution is -0.146. The molecule has 0 saturated heterocycles. The predicted molar refractivity (Wildman–Crippen MR) is 78.6 cm³/mol. The smallest absolute Gasteiger partial charge is 0.308 e. The Kier molecular flexibility index (Phi) is 6.59. The molecule has 1 unspecified atom stereocenters. The average molecular weight is 291 g/mol. The lowest BCUT2D eigenvalue weighted by Crippen LogP contribution is -2.42. The van der Waals surface area contributed by atoms with Crippen molar-refractivity contribution in [1.82, 2.24) is 5.32 Å². The molecular weight excluding hydrogens is 270 g/mol. The number of carbonyl (C=O) groups excluding carboxylic acids is 3. The molecule has 1 aromatic rings. The van der Waals surface area contributed by atoms with Crippen molar-refractivity contribution in [2.45, 2.75) is 32.7 Å². The lowest BCUT2D eigenvalue weighted by atomic mass is 9.95. The van der Waals surface area contributed by atoms with E-state index in [1.165, 1.54) is 14.0 Å². The number of esters is 1. The number of amides is 1. The molecule has 0 aromatic heterocycles. The van der Waals surface area contributed by atoms with Crippen molar-refractivity contribution in [2.75, 3.05) is 7.11 Å². The van der Waals surface area contributed by atoms with Crippen LogP contribution in [0.1, 0.15) is 25.8 Å². The van der Waals surface area contributed by atoms with E-state index in [2.05, 4.69) is 10.1 Å². The summed E-state index contributed by atoms with van der Waals surface area (Å²) in [6, 6.07) is 8.80. The van der Waals surface area contributed by atoms with Crippen LogP contribution in [0.2, 0.25) is 0 Å². The number of carbonyl (C=O) groups is 3. The van der Waals surface area contributed by atoms with E-state index in [0.29, 0.717) is 6.42 Å². The standard InChI is InChI=1S/C16H21NO4/c1-11(16(20)21-3)9-15(19)14(17-12(2)18)10-13-7-5-4-6-8-13/h4-8,11,14H,9-10H2,1-3H3,(H,17,18)/t11-,14?/m1/s1. The quantitative estimate of drug-likeness (QED) is 0.773. The van der Waals surface area contributed by atoms with Gasteiger partial charge in [0.2, 0.25) is 5.91 Å². The van der Waals surface area contributed by atoms with Crippen molar-refractivity contribution < 1.29 is 19.1 Å². The second-order valence-electron chi connectivity index (χ2n) is 5.04. The van der Waals surface area contributed by atoms with Gasteiger partial charge < -0.3 is 10.1 Å². The molecule has 0 aliphatic rings. The number of nitrogens with one attached hydrogen (secondary N) is 1. The van der Waals surface area contributed by atoms with E-state index in [9.17, 15) is 14.4 Å². The highest BCUT2D eigenvalue weighted by molar-refractivity contribution is 5.91. The van der Waals surface area contributed by atoms with Crippen LogP contribution in [0, 0.1) is 5.92 Å². The average Bonchev–Trinajstić information content (AvgIpc) is 2.46. The van der Waals surface area contributed by atoms with E-state index in [4.69, 9.17) is 0 Å². The van der Waals surface area contributed by atoms with Gasteiger partial charge in [0.1, 0.15) is 0 Å². The molecule has 0 bridgehead atoms. The summed E-state index contributed by atoms with van der Waals surface area (Å²) in [4.78, 5) is 34.9. The molecule has 1 aromatic carbocycles. The molecule has 21 heavy (non-hydrogen) atoms. The second kappa shape index (κ2) is 8.19. The van der Waals surface area contributed by atoms with Crippen LogP contribution in [-0.4, -0.2) is 30.8 Å². The molecule has 0 aliphatic heterocycles. The summed E-state index contributed by atoms with van der Waals surface area (Å²) < 4.78 is 4.61. The topological polar surface area (TPSA) is 72.5 Å². The van der Waals surface area contributed by atoms with Crippen LogP contribution in [0.5, 0.6) is 0 Å². The molecule has 1 N–H and O–H groups in total. The Morgan fingerprint density at radius 2 is 1.81 bits per heavy atom. The zero-order chi connectivity index (χ0) is 15.8. The van der Waals surface area contributed by atoms with Gasteiger partial charge in [-0.25, -0.2) is 0 Å². The minimum Gasteiger partial charge on any atom is -0.469 e. The number of ketones is 1. The third kappa shape index (κ3) is 5.77. The van der Waals surface area contributed by atoms with Gasteiger partial charge in [-0.1, -0.05) is 37.3 Å². The van der Waals surface area contributed by atoms with Gasteiger partial charge in [0.15, 0.2) is 5.78 Å². The summed E-state index contributed by atoms with van der Waals surface area (Å²) in [7, 11) is 1.29. The Labute approximate surface area is 124 Å². The monoisotopic (exact) mass is 291 g/mol. The third-order valence-electron chi connectivity index (χ3n) is 3.16. The molecule has 0 heterocycles. The summed E-state index contributed by atoms with van der Waals surface area (Å²) in [6.45, 7) is 3.01. The fourth-order valence-electron chi connectivity index (χ4n) is 2.07. The maximum absolute atomic E-state index is 12.3. The Morgan fingerprint density at radius 1 is 1.19 bits per heavy atom. The second-order valence-corrected chi connectivity index (χ2v) is 5.04. The van der Waals surface area contributed by atoms with E-state index in [-0.39, 0.29) is 18.1 Å². The molecule has 0 saturated carbocycles. The number of ether oxygens (including phenoxy) is 1. The van der Waals surface area contributed by atoms with Crippen molar-refractivity contribution >= 4 is 17.7 Å². The van der Waals surface area contributed by atoms with Crippen molar-refractivity contribution in [1.29, 1.82) is 0 Å². The van der Waals surface area contributed by atoms with Gasteiger partial charge in [0.25, 0.3) is 0 Å². The van der Waals surface area contributed by atoms with Crippen LogP contribution in [0.3, 0.4) is 0 Å². The first kappa shape index (κ1) is 16.9. The van der Waals surface area contributed by atoms with Gasteiger partial charge in [-0.05, 0) is 12.0 Å². The first-order chi connectivity index (χ1) is 9.93. The first-order valence-electron chi connectivity index (χ1n) is 6.85. The SMILES string of the molecule is COC(=O)[C@H](C)CC(=O)C(Cc1ccccc1)NC(C)=O. The molecule has 2 atom stereocenters. The fourth-order valence-corrected chi connectivity index (χ4v) is 2.07. The predicted octanol–water partition coefficient (Wildman–Crippen LogP) is 1.50. The van der Waals surface area contributed by atoms with E-state index < -0.39 is 17.9 Å². The summed E-state index contributed by atoms with van der Waals surface area (Å²) in [6.07, 6.45) is 0.456. The molecule has 114 valence electrons. The zero-order valence-corrected chi connectivity index (χ0v) is 12.6. The highest BCUT2D eigenvalue weighted by Crippen LogP contribution is 2.11. The number of hydrogen-bond donors (Lipinski definition) is 1. The lowest BCUT2D eigenvalue weighted by Gasteiger charge is -2.18. The van der Waals surface area contributed by atoms with Gasteiger partial charge in [-0.2, -0.15) is 0 Å². The van der Waals surface area contributed by atoms with Crippen LogP contribution in [0.25, 0.3) is 0 Å². The van der Waals surface area contributed by atoms with Crippen LogP contribution in [0.4, 0.5) is 0 Å². The summed E-state index contributed by atoms with van der Waals surface area (Å²) in [5.74, 6) is -1.39. The highest BCUT2D eigenvalue weighted by Gasteiger charge is 2.24. The molecule has 1 rings (SSSR count). The van der Waals surface area contributed by atoms with Crippen molar-refractivity contribution in [3.8, 4) is 0 Å². The number of benzene rings is 1. The minimum absolute atomic E-state index is 0.0461. The Bertz CT molecular complexity index is 498. The summed E-state index contributed by atoms with van der Waals surface area (Å²) in [5, 5.41) is 2.65. The van der Waals surface area contributed by atoms with Crippen molar-refractivity contribution in [3.05, 3.63) is 35.9 Å². The highest BCUT2D eigenvalue weighted by atomic mass is 16.5. The van der Waals surface area contributed by atoms with E-state index in [1.54, 1.807) is 6.92 Å². The Morgan fingerprint density at radius 3 is 2.33 bits per heavy atom. The fraction of sp³-hybridized carbons (Fsp3) is 0.438. The Hall–Kier alpha value is -2.17. The van der Waals surface area contributed by atoms with Gasteiger partial charge >= 0.3 is 5.97 Å². The van der Waals surface area contributed by atoms with Gasteiger partial charge in [-0.15, -0.1) is 0 Å². The van der Waals surface area contributed by atoms with Gasteiger partial charge in [0, 0.05) is 13.3 Å². The summed E-state index contributed by atoms with van der Waals surface area (Å²) in [5.41, 5.74) is 0.954.